The summed E-state index contributed by atoms with van der Waals surface area (Å²) in [6.45, 7) is 8.70. The van der Waals surface area contributed by atoms with E-state index < -0.39 is 6.43 Å². The first-order chi connectivity index (χ1) is 7.91. The molecular weight excluding hydrogens is 224 g/mol. The van der Waals surface area contributed by atoms with Gasteiger partial charge in [-0.15, -0.1) is 0 Å². The van der Waals surface area contributed by atoms with Crippen molar-refractivity contribution in [3.63, 3.8) is 0 Å². The summed E-state index contributed by atoms with van der Waals surface area (Å²) in [5.41, 5.74) is 0. The van der Waals surface area contributed by atoms with E-state index in [1.54, 1.807) is 11.9 Å². The molecule has 1 aliphatic rings. The van der Waals surface area contributed by atoms with Gasteiger partial charge in [-0.3, -0.25) is 0 Å². The molecule has 0 N–H and O–H groups in total. The molecule has 0 aromatic carbocycles. The first-order valence-electron chi connectivity index (χ1n) is 6.46. The van der Waals surface area contributed by atoms with Crippen molar-refractivity contribution in [1.29, 1.82) is 0 Å². The zero-order valence-electron chi connectivity index (χ0n) is 11.3. The maximum Gasteiger partial charge on any atom is 0.251 e. The van der Waals surface area contributed by atoms with Crippen LogP contribution in [0.3, 0.4) is 0 Å². The molecular formula is C13H25F2NO. The summed E-state index contributed by atoms with van der Waals surface area (Å²) in [6.07, 6.45) is -2.25. The van der Waals surface area contributed by atoms with Crippen molar-refractivity contribution in [3.8, 4) is 0 Å². The minimum atomic E-state index is -2.25. The molecule has 0 spiro atoms. The third-order valence-electron chi connectivity index (χ3n) is 3.68. The molecule has 2 nitrogen and oxygen atoms in total. The van der Waals surface area contributed by atoms with Crippen molar-refractivity contribution >= 4 is 0 Å². The van der Waals surface area contributed by atoms with Gasteiger partial charge < -0.3 is 9.64 Å². The van der Waals surface area contributed by atoms with Crippen LogP contribution in [0.1, 0.15) is 20.8 Å². The maximum atomic E-state index is 12.3. The van der Waals surface area contributed by atoms with Crippen LogP contribution in [0.4, 0.5) is 8.78 Å². The Hall–Kier alpha value is -0.220. The molecule has 0 aromatic heterocycles. The van der Waals surface area contributed by atoms with Crippen LogP contribution in [0.5, 0.6) is 0 Å². The molecule has 0 radical (unpaired) electrons. The van der Waals surface area contributed by atoms with Crippen LogP contribution in [-0.4, -0.2) is 44.7 Å². The molecule has 1 fully saturated rings. The zero-order chi connectivity index (χ0) is 13.0. The quantitative estimate of drug-likeness (QED) is 0.743. The highest BCUT2D eigenvalue weighted by molar-refractivity contribution is 4.82. The minimum absolute atomic E-state index is 0.143. The average molecular weight is 249 g/mol. The van der Waals surface area contributed by atoms with Crippen molar-refractivity contribution in [3.05, 3.63) is 0 Å². The molecule has 0 bridgehead atoms. The van der Waals surface area contributed by atoms with E-state index in [2.05, 4.69) is 20.8 Å². The van der Waals surface area contributed by atoms with Gasteiger partial charge in [-0.1, -0.05) is 20.8 Å². The number of nitrogens with zero attached hydrogens (tertiary/aromatic N) is 1. The van der Waals surface area contributed by atoms with E-state index in [4.69, 9.17) is 4.74 Å². The van der Waals surface area contributed by atoms with Crippen LogP contribution < -0.4 is 0 Å². The normalized spacial score (nSPS) is 30.5. The van der Waals surface area contributed by atoms with Crippen molar-refractivity contribution < 1.29 is 13.5 Å². The van der Waals surface area contributed by atoms with Crippen LogP contribution in [0.25, 0.3) is 0 Å². The van der Waals surface area contributed by atoms with E-state index in [1.807, 2.05) is 0 Å². The monoisotopic (exact) mass is 249 g/mol. The number of rotatable bonds is 5. The average Bonchev–Trinajstić information content (AvgIpc) is 2.15. The van der Waals surface area contributed by atoms with Crippen LogP contribution in [-0.2, 0) is 4.74 Å². The second kappa shape index (κ2) is 6.64. The largest absolute Gasteiger partial charge is 0.381 e. The number of ether oxygens (including phenoxy) is 1. The fourth-order valence-corrected chi connectivity index (χ4v) is 3.18. The van der Waals surface area contributed by atoms with Gasteiger partial charge in [-0.2, -0.15) is 0 Å². The standard InChI is InChI=1S/C13H25F2NO/c1-9(2)13-10(3)7-17-8-11(13)5-16(4)6-12(14)15/h9-13H,5-8H2,1-4H3. The first-order valence-corrected chi connectivity index (χ1v) is 6.46. The van der Waals surface area contributed by atoms with Gasteiger partial charge in [-0.25, -0.2) is 8.78 Å². The van der Waals surface area contributed by atoms with Crippen LogP contribution >= 0.6 is 0 Å². The maximum absolute atomic E-state index is 12.3. The molecule has 1 rings (SSSR count). The van der Waals surface area contributed by atoms with Gasteiger partial charge in [0, 0.05) is 13.2 Å². The molecule has 3 atom stereocenters. The second-order valence-corrected chi connectivity index (χ2v) is 5.71. The molecule has 1 saturated heterocycles. The first kappa shape index (κ1) is 14.8. The minimum Gasteiger partial charge on any atom is -0.381 e. The lowest BCUT2D eigenvalue weighted by Gasteiger charge is -2.40. The van der Waals surface area contributed by atoms with Crippen molar-refractivity contribution in [2.45, 2.75) is 27.2 Å². The Bertz CT molecular complexity index is 223. The SMILES string of the molecule is CC(C)C1C(C)COCC1CN(C)CC(F)F. The lowest BCUT2D eigenvalue weighted by molar-refractivity contribution is -0.0513. The predicted octanol–water partition coefficient (Wildman–Crippen LogP) is 2.74. The fourth-order valence-electron chi connectivity index (χ4n) is 3.18. The summed E-state index contributed by atoms with van der Waals surface area (Å²) in [4.78, 5) is 1.73. The van der Waals surface area contributed by atoms with Gasteiger partial charge >= 0.3 is 0 Å². The molecule has 0 aliphatic carbocycles. The van der Waals surface area contributed by atoms with E-state index in [0.29, 0.717) is 36.8 Å². The molecule has 0 saturated carbocycles. The van der Waals surface area contributed by atoms with Gasteiger partial charge in [0.2, 0.25) is 0 Å². The predicted molar refractivity (Wildman–Crippen MR) is 65.3 cm³/mol. The Morgan fingerprint density at radius 2 is 1.94 bits per heavy atom. The van der Waals surface area contributed by atoms with Crippen LogP contribution in [0, 0.1) is 23.7 Å². The van der Waals surface area contributed by atoms with Crippen LogP contribution in [0.2, 0.25) is 0 Å². The number of alkyl halides is 2. The van der Waals surface area contributed by atoms with Gasteiger partial charge in [0.05, 0.1) is 13.2 Å². The highest BCUT2D eigenvalue weighted by atomic mass is 19.3. The van der Waals surface area contributed by atoms with Gasteiger partial charge in [0.15, 0.2) is 0 Å². The number of hydrogen-bond acceptors (Lipinski definition) is 2. The molecule has 0 aromatic rings. The highest BCUT2D eigenvalue weighted by Crippen LogP contribution is 2.33. The van der Waals surface area contributed by atoms with Gasteiger partial charge in [-0.05, 0) is 30.7 Å². The summed E-state index contributed by atoms with van der Waals surface area (Å²) in [7, 11) is 1.77. The molecule has 0 amide bonds. The molecule has 17 heavy (non-hydrogen) atoms. The third-order valence-corrected chi connectivity index (χ3v) is 3.68. The summed E-state index contributed by atoms with van der Waals surface area (Å²) in [5, 5.41) is 0. The molecule has 102 valence electrons. The summed E-state index contributed by atoms with van der Waals surface area (Å²) >= 11 is 0. The molecule has 1 heterocycles. The number of halogens is 2. The Labute approximate surface area is 103 Å². The number of hydrogen-bond donors (Lipinski definition) is 0. The Balaban J connectivity index is 2.54. The second-order valence-electron chi connectivity index (χ2n) is 5.71. The molecule has 4 heteroatoms. The lowest BCUT2D eigenvalue weighted by atomic mass is 9.74. The summed E-state index contributed by atoms with van der Waals surface area (Å²) < 4.78 is 30.2. The molecule has 3 unspecified atom stereocenters. The van der Waals surface area contributed by atoms with Crippen LogP contribution in [0.15, 0.2) is 0 Å². The van der Waals surface area contributed by atoms with E-state index in [9.17, 15) is 8.78 Å². The van der Waals surface area contributed by atoms with E-state index >= 15 is 0 Å². The smallest absolute Gasteiger partial charge is 0.251 e. The Morgan fingerprint density at radius 3 is 2.47 bits per heavy atom. The topological polar surface area (TPSA) is 12.5 Å². The van der Waals surface area contributed by atoms with Gasteiger partial charge in [0.25, 0.3) is 6.43 Å². The van der Waals surface area contributed by atoms with Crippen molar-refractivity contribution in [2.24, 2.45) is 23.7 Å². The Morgan fingerprint density at radius 1 is 1.29 bits per heavy atom. The third kappa shape index (κ3) is 4.51. The zero-order valence-corrected chi connectivity index (χ0v) is 11.3. The van der Waals surface area contributed by atoms with Crippen molar-refractivity contribution in [1.82, 2.24) is 4.90 Å². The summed E-state index contributed by atoms with van der Waals surface area (Å²) in [5.74, 6) is 2.05. The van der Waals surface area contributed by atoms with E-state index in [0.717, 1.165) is 6.61 Å². The Kier molecular flexibility index (Phi) is 5.80. The molecule has 1 aliphatic heterocycles. The van der Waals surface area contributed by atoms with E-state index in [-0.39, 0.29) is 6.54 Å². The lowest BCUT2D eigenvalue weighted by Crippen LogP contribution is -2.43. The highest BCUT2D eigenvalue weighted by Gasteiger charge is 2.34. The van der Waals surface area contributed by atoms with Crippen molar-refractivity contribution in [2.75, 3.05) is 33.4 Å². The fraction of sp³-hybridized carbons (Fsp3) is 1.00. The summed E-state index contributed by atoms with van der Waals surface area (Å²) in [6, 6.07) is 0. The van der Waals surface area contributed by atoms with E-state index in [1.165, 1.54) is 0 Å². The van der Waals surface area contributed by atoms with Gasteiger partial charge in [0.1, 0.15) is 0 Å².